The van der Waals surface area contributed by atoms with Crippen LogP contribution in [0.4, 0.5) is 0 Å². The van der Waals surface area contributed by atoms with E-state index in [0.717, 1.165) is 17.3 Å². The highest BCUT2D eigenvalue weighted by Crippen LogP contribution is 2.24. The number of benzene rings is 1. The maximum atomic E-state index is 5.95. The number of thiazole rings is 1. The normalized spacial score (nSPS) is 10.9. The molecule has 0 radical (unpaired) electrons. The lowest BCUT2D eigenvalue weighted by molar-refractivity contribution is 0.299. The first-order valence-corrected chi connectivity index (χ1v) is 7.38. The topological polar surface area (TPSA) is 34.1 Å². The molecule has 0 fully saturated rings. The van der Waals surface area contributed by atoms with Crippen LogP contribution in [0.15, 0.2) is 29.8 Å². The molecule has 102 valence electrons. The summed E-state index contributed by atoms with van der Waals surface area (Å²) in [6.45, 7) is 7.73. The zero-order valence-electron chi connectivity index (χ0n) is 11.6. The molecular weight excluding hydrogens is 256 g/mol. The van der Waals surface area contributed by atoms with E-state index >= 15 is 0 Å². The minimum atomic E-state index is 0.465. The van der Waals surface area contributed by atoms with Crippen molar-refractivity contribution in [3.05, 3.63) is 45.9 Å². The summed E-state index contributed by atoms with van der Waals surface area (Å²) in [7, 11) is 0. The summed E-state index contributed by atoms with van der Waals surface area (Å²) in [5, 5.41) is 6.41. The molecule has 2 rings (SSSR count). The molecule has 1 N–H and O–H groups in total. The third-order valence-corrected chi connectivity index (χ3v) is 3.57. The highest BCUT2D eigenvalue weighted by atomic mass is 32.1. The number of aromatic nitrogens is 1. The van der Waals surface area contributed by atoms with Crippen LogP contribution in [0.5, 0.6) is 5.75 Å². The quantitative estimate of drug-likeness (QED) is 0.876. The Balaban J connectivity index is 2.08. The summed E-state index contributed by atoms with van der Waals surface area (Å²) in [5.41, 5.74) is 2.37. The first-order chi connectivity index (χ1) is 9.16. The van der Waals surface area contributed by atoms with Crippen LogP contribution in [0.2, 0.25) is 0 Å². The Morgan fingerprint density at radius 3 is 2.89 bits per heavy atom. The van der Waals surface area contributed by atoms with Crippen LogP contribution in [0.3, 0.4) is 0 Å². The maximum Gasteiger partial charge on any atom is 0.140 e. The Labute approximate surface area is 118 Å². The van der Waals surface area contributed by atoms with Gasteiger partial charge in [0.05, 0.1) is 0 Å². The van der Waals surface area contributed by atoms with Crippen molar-refractivity contribution in [1.82, 2.24) is 10.3 Å². The summed E-state index contributed by atoms with van der Waals surface area (Å²) in [5.74, 6) is 0.978. The van der Waals surface area contributed by atoms with Gasteiger partial charge < -0.3 is 10.1 Å². The van der Waals surface area contributed by atoms with Crippen molar-refractivity contribution < 1.29 is 4.74 Å². The lowest BCUT2D eigenvalue weighted by atomic mass is 10.1. The number of nitrogens with zero attached hydrogens (tertiary/aromatic N) is 1. The first kappa shape index (κ1) is 14.0. The maximum absolute atomic E-state index is 5.95. The molecule has 1 heterocycles. The monoisotopic (exact) mass is 276 g/mol. The molecule has 0 bridgehead atoms. The third kappa shape index (κ3) is 4.04. The van der Waals surface area contributed by atoms with Gasteiger partial charge >= 0.3 is 0 Å². The van der Waals surface area contributed by atoms with E-state index in [0.29, 0.717) is 12.6 Å². The molecule has 19 heavy (non-hydrogen) atoms. The second-order valence-corrected chi connectivity index (χ2v) is 5.79. The van der Waals surface area contributed by atoms with E-state index in [-0.39, 0.29) is 0 Å². The highest BCUT2D eigenvalue weighted by molar-refractivity contribution is 7.09. The average molecular weight is 276 g/mol. The summed E-state index contributed by atoms with van der Waals surface area (Å²) >= 11 is 1.62. The lowest BCUT2D eigenvalue weighted by Crippen LogP contribution is -2.22. The zero-order valence-corrected chi connectivity index (χ0v) is 12.5. The number of hydrogen-bond acceptors (Lipinski definition) is 4. The Hall–Kier alpha value is -1.39. The number of aryl methyl sites for hydroxylation is 1. The van der Waals surface area contributed by atoms with Gasteiger partial charge in [0.2, 0.25) is 0 Å². The molecule has 0 aliphatic heterocycles. The van der Waals surface area contributed by atoms with Gasteiger partial charge in [-0.1, -0.05) is 32.0 Å². The Morgan fingerprint density at radius 1 is 1.37 bits per heavy atom. The number of rotatable bonds is 6. The molecule has 0 spiro atoms. The standard InChI is InChI=1S/C15H20N2OS/c1-11(2)17-9-13-6-4-5-12(3)15(13)18-10-14-16-7-8-19-14/h4-8,11,17H,9-10H2,1-3H3. The van der Waals surface area contributed by atoms with E-state index in [2.05, 4.69) is 49.3 Å². The third-order valence-electron chi connectivity index (χ3n) is 2.82. The van der Waals surface area contributed by atoms with Crippen LogP contribution in [0, 0.1) is 6.92 Å². The number of para-hydroxylation sites is 1. The fraction of sp³-hybridized carbons (Fsp3) is 0.400. The van der Waals surface area contributed by atoms with Gasteiger partial charge in [0.15, 0.2) is 0 Å². The second kappa shape index (κ2) is 6.68. The summed E-state index contributed by atoms with van der Waals surface area (Å²) in [6, 6.07) is 6.73. The highest BCUT2D eigenvalue weighted by Gasteiger charge is 2.08. The van der Waals surface area contributed by atoms with E-state index in [1.165, 1.54) is 11.1 Å². The summed E-state index contributed by atoms with van der Waals surface area (Å²) in [4.78, 5) is 4.24. The molecule has 0 amide bonds. The van der Waals surface area contributed by atoms with E-state index < -0.39 is 0 Å². The molecule has 0 saturated heterocycles. The van der Waals surface area contributed by atoms with Crippen molar-refractivity contribution in [3.8, 4) is 5.75 Å². The summed E-state index contributed by atoms with van der Waals surface area (Å²) in [6.07, 6.45) is 1.81. The van der Waals surface area contributed by atoms with Gasteiger partial charge in [0, 0.05) is 29.7 Å². The lowest BCUT2D eigenvalue weighted by Gasteiger charge is -2.15. The van der Waals surface area contributed by atoms with Gasteiger partial charge in [-0.15, -0.1) is 11.3 Å². The van der Waals surface area contributed by atoms with Crippen molar-refractivity contribution in [2.45, 2.75) is 40.0 Å². The Bertz CT molecular complexity index is 509. The zero-order chi connectivity index (χ0) is 13.7. The summed E-state index contributed by atoms with van der Waals surface area (Å²) < 4.78 is 5.95. The fourth-order valence-electron chi connectivity index (χ4n) is 1.83. The van der Waals surface area contributed by atoms with Crippen LogP contribution in [-0.4, -0.2) is 11.0 Å². The van der Waals surface area contributed by atoms with E-state index in [1.54, 1.807) is 11.3 Å². The molecule has 4 heteroatoms. The minimum absolute atomic E-state index is 0.465. The predicted octanol–water partition coefficient (Wildman–Crippen LogP) is 3.53. The van der Waals surface area contributed by atoms with Gasteiger partial charge in [-0.3, -0.25) is 0 Å². The Morgan fingerprint density at radius 2 is 2.21 bits per heavy atom. The SMILES string of the molecule is Cc1cccc(CNC(C)C)c1OCc1nccs1. The van der Waals surface area contributed by atoms with Crippen LogP contribution in [-0.2, 0) is 13.2 Å². The van der Waals surface area contributed by atoms with Crippen molar-refractivity contribution >= 4 is 11.3 Å². The molecule has 0 saturated carbocycles. The van der Waals surface area contributed by atoms with Gasteiger partial charge in [-0.25, -0.2) is 4.98 Å². The van der Waals surface area contributed by atoms with Crippen molar-refractivity contribution in [2.24, 2.45) is 0 Å². The molecule has 2 aromatic rings. The minimum Gasteiger partial charge on any atom is -0.486 e. The second-order valence-electron chi connectivity index (χ2n) is 4.81. The number of hydrogen-bond donors (Lipinski definition) is 1. The van der Waals surface area contributed by atoms with Crippen molar-refractivity contribution in [3.63, 3.8) is 0 Å². The van der Waals surface area contributed by atoms with Crippen LogP contribution >= 0.6 is 11.3 Å². The molecule has 0 aliphatic rings. The first-order valence-electron chi connectivity index (χ1n) is 6.50. The van der Waals surface area contributed by atoms with Gasteiger partial charge in [-0.2, -0.15) is 0 Å². The molecule has 0 atom stereocenters. The molecule has 0 unspecified atom stereocenters. The molecule has 1 aromatic heterocycles. The van der Waals surface area contributed by atoms with Gasteiger partial charge in [0.25, 0.3) is 0 Å². The van der Waals surface area contributed by atoms with Gasteiger partial charge in [0.1, 0.15) is 17.4 Å². The Kier molecular flexibility index (Phi) is 4.93. The van der Waals surface area contributed by atoms with Gasteiger partial charge in [-0.05, 0) is 12.5 Å². The molecule has 1 aromatic carbocycles. The molecule has 3 nitrogen and oxygen atoms in total. The van der Waals surface area contributed by atoms with E-state index in [9.17, 15) is 0 Å². The van der Waals surface area contributed by atoms with E-state index in [4.69, 9.17) is 4.74 Å². The van der Waals surface area contributed by atoms with Crippen molar-refractivity contribution in [2.75, 3.05) is 0 Å². The molecule has 0 aliphatic carbocycles. The number of ether oxygens (including phenoxy) is 1. The van der Waals surface area contributed by atoms with Crippen LogP contribution < -0.4 is 10.1 Å². The van der Waals surface area contributed by atoms with E-state index in [1.807, 2.05) is 11.6 Å². The van der Waals surface area contributed by atoms with Crippen LogP contribution in [0.1, 0.15) is 30.0 Å². The predicted molar refractivity (Wildman–Crippen MR) is 79.6 cm³/mol. The average Bonchev–Trinajstić information content (AvgIpc) is 2.88. The van der Waals surface area contributed by atoms with Crippen LogP contribution in [0.25, 0.3) is 0 Å². The molecular formula is C15H20N2OS. The smallest absolute Gasteiger partial charge is 0.140 e. The number of nitrogens with one attached hydrogen (secondary N) is 1. The fourth-order valence-corrected chi connectivity index (χ4v) is 2.36. The largest absolute Gasteiger partial charge is 0.486 e. The van der Waals surface area contributed by atoms with Crippen molar-refractivity contribution in [1.29, 1.82) is 0 Å².